The maximum absolute atomic E-state index is 11.6. The minimum atomic E-state index is -0.243. The average molecular weight is 254 g/mol. The molecule has 0 bridgehead atoms. The number of rotatable bonds is 6. The summed E-state index contributed by atoms with van der Waals surface area (Å²) < 4.78 is 5.87. The highest BCUT2D eigenvalue weighted by molar-refractivity contribution is 5.77. The summed E-state index contributed by atoms with van der Waals surface area (Å²) in [5.41, 5.74) is 5.62. The Morgan fingerprint density at radius 2 is 2.00 bits per heavy atom. The van der Waals surface area contributed by atoms with Gasteiger partial charge in [0.05, 0.1) is 5.60 Å². The van der Waals surface area contributed by atoms with Crippen molar-refractivity contribution in [2.45, 2.75) is 63.5 Å². The van der Waals surface area contributed by atoms with Gasteiger partial charge in [-0.05, 0) is 44.4 Å². The Morgan fingerprint density at radius 1 is 1.33 bits per heavy atom. The van der Waals surface area contributed by atoms with Crippen molar-refractivity contribution in [3.63, 3.8) is 0 Å². The molecule has 3 N–H and O–H groups in total. The van der Waals surface area contributed by atoms with Crippen LogP contribution in [-0.4, -0.2) is 30.7 Å². The fourth-order valence-corrected chi connectivity index (χ4v) is 2.73. The van der Waals surface area contributed by atoms with Gasteiger partial charge in [-0.1, -0.05) is 13.3 Å². The summed E-state index contributed by atoms with van der Waals surface area (Å²) in [5, 5.41) is 2.95. The third kappa shape index (κ3) is 3.69. The minimum absolute atomic E-state index is 0.0166. The maximum atomic E-state index is 11.6. The molecule has 0 aromatic rings. The van der Waals surface area contributed by atoms with E-state index in [0.29, 0.717) is 12.6 Å². The van der Waals surface area contributed by atoms with E-state index >= 15 is 0 Å². The maximum Gasteiger partial charge on any atom is 0.246 e. The van der Waals surface area contributed by atoms with Gasteiger partial charge < -0.3 is 15.8 Å². The number of nitrogens with two attached hydrogens (primary N) is 1. The van der Waals surface area contributed by atoms with E-state index < -0.39 is 0 Å². The minimum Gasteiger partial charge on any atom is -0.364 e. The Balaban J connectivity index is 1.75. The molecule has 2 fully saturated rings. The normalized spacial score (nSPS) is 32.2. The highest BCUT2D eigenvalue weighted by Crippen LogP contribution is 2.35. The topological polar surface area (TPSA) is 64.3 Å². The number of hydrogen-bond donors (Lipinski definition) is 2. The molecule has 0 saturated heterocycles. The molecule has 0 aliphatic heterocycles. The Morgan fingerprint density at radius 3 is 2.50 bits per heavy atom. The fraction of sp³-hybridized carbons (Fsp3) is 0.929. The number of carbonyl (C=O) groups excluding carboxylic acids is 1. The van der Waals surface area contributed by atoms with Crippen LogP contribution in [-0.2, 0) is 9.53 Å². The quantitative estimate of drug-likeness (QED) is 0.756. The molecule has 1 amide bonds. The molecule has 4 nitrogen and oxygen atoms in total. The van der Waals surface area contributed by atoms with Gasteiger partial charge in [-0.3, -0.25) is 4.79 Å². The van der Waals surface area contributed by atoms with E-state index in [1.807, 2.05) is 0 Å². The standard InChI is InChI=1S/C14H26N2O2/c1-2-11-5-7-14(10-15,8-6-11)18-9-13(17)16-12-3-4-12/h11-12H,2-10,15H2,1H3,(H,16,17). The lowest BCUT2D eigenvalue weighted by atomic mass is 9.77. The molecule has 0 radical (unpaired) electrons. The smallest absolute Gasteiger partial charge is 0.246 e. The van der Waals surface area contributed by atoms with E-state index in [2.05, 4.69) is 12.2 Å². The number of amides is 1. The first-order valence-electron chi connectivity index (χ1n) is 7.31. The first-order valence-corrected chi connectivity index (χ1v) is 7.31. The van der Waals surface area contributed by atoms with Crippen molar-refractivity contribution >= 4 is 5.91 Å². The molecule has 2 aliphatic carbocycles. The van der Waals surface area contributed by atoms with Crippen LogP contribution in [0.5, 0.6) is 0 Å². The highest BCUT2D eigenvalue weighted by atomic mass is 16.5. The summed E-state index contributed by atoms with van der Waals surface area (Å²) >= 11 is 0. The molecule has 0 aromatic heterocycles. The Labute approximate surface area is 110 Å². The lowest BCUT2D eigenvalue weighted by Crippen LogP contribution is -2.46. The summed E-state index contributed by atoms with van der Waals surface area (Å²) in [6.07, 6.45) is 7.83. The van der Waals surface area contributed by atoms with Crippen LogP contribution in [0.3, 0.4) is 0 Å². The lowest BCUT2D eigenvalue weighted by Gasteiger charge is -2.39. The monoisotopic (exact) mass is 254 g/mol. The molecule has 0 unspecified atom stereocenters. The molecular weight excluding hydrogens is 228 g/mol. The van der Waals surface area contributed by atoms with Gasteiger partial charge in [-0.25, -0.2) is 0 Å². The molecule has 4 heteroatoms. The largest absolute Gasteiger partial charge is 0.364 e. The zero-order valence-electron chi connectivity index (χ0n) is 11.4. The number of hydrogen-bond acceptors (Lipinski definition) is 3. The summed E-state index contributed by atoms with van der Waals surface area (Å²) in [7, 11) is 0. The van der Waals surface area contributed by atoms with Gasteiger partial charge in [0.2, 0.25) is 5.91 Å². The molecule has 0 spiro atoms. The van der Waals surface area contributed by atoms with Crippen molar-refractivity contribution in [2.24, 2.45) is 11.7 Å². The van der Waals surface area contributed by atoms with Gasteiger partial charge in [0.1, 0.15) is 6.61 Å². The fourth-order valence-electron chi connectivity index (χ4n) is 2.73. The van der Waals surface area contributed by atoms with Crippen LogP contribution >= 0.6 is 0 Å². The SMILES string of the molecule is CCC1CCC(CN)(OCC(=O)NC2CC2)CC1. The predicted octanol–water partition coefficient (Wildman–Crippen LogP) is 1.58. The van der Waals surface area contributed by atoms with Gasteiger partial charge in [-0.2, -0.15) is 0 Å². The van der Waals surface area contributed by atoms with E-state index in [1.165, 1.54) is 19.3 Å². The van der Waals surface area contributed by atoms with Gasteiger partial charge in [0.25, 0.3) is 0 Å². The van der Waals surface area contributed by atoms with E-state index in [1.54, 1.807) is 0 Å². The molecule has 2 saturated carbocycles. The third-order valence-electron chi connectivity index (χ3n) is 4.42. The van der Waals surface area contributed by atoms with Crippen molar-refractivity contribution in [3.05, 3.63) is 0 Å². The number of ether oxygens (including phenoxy) is 1. The lowest BCUT2D eigenvalue weighted by molar-refractivity contribution is -0.136. The summed E-state index contributed by atoms with van der Waals surface area (Å²) in [4.78, 5) is 11.6. The second-order valence-corrected chi connectivity index (χ2v) is 5.87. The van der Waals surface area contributed by atoms with E-state index in [-0.39, 0.29) is 18.1 Å². The van der Waals surface area contributed by atoms with Crippen LogP contribution in [0, 0.1) is 5.92 Å². The molecule has 0 atom stereocenters. The zero-order chi connectivity index (χ0) is 13.0. The van der Waals surface area contributed by atoms with Crippen LogP contribution < -0.4 is 11.1 Å². The van der Waals surface area contributed by atoms with E-state index in [9.17, 15) is 4.79 Å². The highest BCUT2D eigenvalue weighted by Gasteiger charge is 2.35. The molecule has 0 heterocycles. The third-order valence-corrected chi connectivity index (χ3v) is 4.42. The van der Waals surface area contributed by atoms with Crippen LogP contribution in [0.2, 0.25) is 0 Å². The molecule has 18 heavy (non-hydrogen) atoms. The second-order valence-electron chi connectivity index (χ2n) is 5.87. The molecule has 2 rings (SSSR count). The van der Waals surface area contributed by atoms with Gasteiger partial charge in [0, 0.05) is 12.6 Å². The van der Waals surface area contributed by atoms with Gasteiger partial charge in [0.15, 0.2) is 0 Å². The van der Waals surface area contributed by atoms with Crippen molar-refractivity contribution in [1.82, 2.24) is 5.32 Å². The molecule has 0 aromatic carbocycles. The Bertz CT molecular complexity index is 282. The first kappa shape index (κ1) is 13.8. The second kappa shape index (κ2) is 6.02. The molecule has 2 aliphatic rings. The van der Waals surface area contributed by atoms with Crippen molar-refractivity contribution < 1.29 is 9.53 Å². The van der Waals surface area contributed by atoms with Crippen molar-refractivity contribution in [3.8, 4) is 0 Å². The Kier molecular flexibility index (Phi) is 4.62. The van der Waals surface area contributed by atoms with Gasteiger partial charge in [-0.15, -0.1) is 0 Å². The average Bonchev–Trinajstić information content (AvgIpc) is 3.21. The van der Waals surface area contributed by atoms with Crippen LogP contribution in [0.4, 0.5) is 0 Å². The Hall–Kier alpha value is -0.610. The van der Waals surface area contributed by atoms with E-state index in [4.69, 9.17) is 10.5 Å². The summed E-state index contributed by atoms with van der Waals surface area (Å²) in [6.45, 7) is 2.94. The van der Waals surface area contributed by atoms with Crippen LogP contribution in [0.1, 0.15) is 51.9 Å². The summed E-state index contributed by atoms with van der Waals surface area (Å²) in [6, 6.07) is 0.408. The summed E-state index contributed by atoms with van der Waals surface area (Å²) in [5.74, 6) is 0.830. The van der Waals surface area contributed by atoms with Crippen LogP contribution in [0.15, 0.2) is 0 Å². The van der Waals surface area contributed by atoms with E-state index in [0.717, 1.165) is 31.6 Å². The predicted molar refractivity (Wildman–Crippen MR) is 71.2 cm³/mol. The molecular formula is C14H26N2O2. The molecule has 104 valence electrons. The van der Waals surface area contributed by atoms with Crippen LogP contribution in [0.25, 0.3) is 0 Å². The number of carbonyl (C=O) groups is 1. The van der Waals surface area contributed by atoms with Crippen molar-refractivity contribution in [2.75, 3.05) is 13.2 Å². The number of nitrogens with one attached hydrogen (secondary N) is 1. The van der Waals surface area contributed by atoms with Crippen molar-refractivity contribution in [1.29, 1.82) is 0 Å². The van der Waals surface area contributed by atoms with Gasteiger partial charge >= 0.3 is 0 Å². The first-order chi connectivity index (χ1) is 8.67. The zero-order valence-corrected chi connectivity index (χ0v) is 11.4.